The smallest absolute Gasteiger partial charge is 0.338 e. The van der Waals surface area contributed by atoms with Crippen LogP contribution in [0.25, 0.3) is 6.08 Å². The topological polar surface area (TPSA) is 55.4 Å². The highest BCUT2D eigenvalue weighted by Gasteiger charge is 2.06. The summed E-state index contributed by atoms with van der Waals surface area (Å²) in [5.41, 5.74) is 0.548. The Morgan fingerprint density at radius 2 is 2.31 bits per heavy atom. The van der Waals surface area contributed by atoms with E-state index >= 15 is 0 Å². The summed E-state index contributed by atoms with van der Waals surface area (Å²) in [6.45, 7) is 1.95. The lowest BCUT2D eigenvalue weighted by molar-refractivity contribution is -0.118. The van der Waals surface area contributed by atoms with E-state index in [1.807, 2.05) is 12.2 Å². The van der Waals surface area contributed by atoms with Gasteiger partial charge in [-0.25, -0.2) is 4.79 Å². The number of carbonyl (C=O) groups is 2. The van der Waals surface area contributed by atoms with Crippen LogP contribution >= 0.6 is 11.3 Å². The Labute approximate surface area is 97.9 Å². The number of nitrogens with one attached hydrogen (secondary N) is 1. The molecule has 0 atom stereocenters. The molecule has 1 rings (SSSR count). The Balaban J connectivity index is 2.52. The zero-order valence-corrected chi connectivity index (χ0v) is 9.97. The van der Waals surface area contributed by atoms with Crippen LogP contribution in [-0.2, 0) is 9.53 Å². The first kappa shape index (κ1) is 12.4. The molecule has 1 heterocycles. The lowest BCUT2D eigenvalue weighted by Gasteiger charge is -1.93. The Morgan fingerprint density at radius 3 is 2.94 bits per heavy atom. The minimum atomic E-state index is -0.335. The van der Waals surface area contributed by atoms with Crippen molar-refractivity contribution in [2.45, 2.75) is 6.92 Å². The van der Waals surface area contributed by atoms with Crippen molar-refractivity contribution >= 4 is 29.3 Å². The fraction of sp³-hybridized carbons (Fsp3) is 0.273. The third-order valence-corrected chi connectivity index (χ3v) is 2.69. The molecule has 0 aliphatic heterocycles. The van der Waals surface area contributed by atoms with Crippen molar-refractivity contribution in [2.24, 2.45) is 0 Å². The fourth-order valence-electron chi connectivity index (χ4n) is 1.04. The van der Waals surface area contributed by atoms with E-state index < -0.39 is 0 Å². The number of esters is 1. The Hall–Kier alpha value is -1.62. The van der Waals surface area contributed by atoms with E-state index in [0.29, 0.717) is 12.1 Å². The highest BCUT2D eigenvalue weighted by atomic mass is 32.1. The average Bonchev–Trinajstić information content (AvgIpc) is 2.71. The molecule has 86 valence electrons. The van der Waals surface area contributed by atoms with Crippen molar-refractivity contribution in [1.82, 2.24) is 5.32 Å². The van der Waals surface area contributed by atoms with Gasteiger partial charge >= 0.3 is 5.97 Å². The molecule has 0 aliphatic rings. The molecule has 0 saturated carbocycles. The third-order valence-electron chi connectivity index (χ3n) is 1.79. The van der Waals surface area contributed by atoms with Crippen LogP contribution in [0, 0.1) is 0 Å². The molecule has 1 aromatic rings. The lowest BCUT2D eigenvalue weighted by Crippen LogP contribution is -2.19. The van der Waals surface area contributed by atoms with Crippen LogP contribution in [0.2, 0.25) is 0 Å². The molecule has 1 amide bonds. The summed E-state index contributed by atoms with van der Waals surface area (Å²) in [7, 11) is 1.35. The second-order valence-electron chi connectivity index (χ2n) is 3.07. The van der Waals surface area contributed by atoms with Gasteiger partial charge in [-0.3, -0.25) is 4.79 Å². The van der Waals surface area contributed by atoms with E-state index in [-0.39, 0.29) is 11.9 Å². The van der Waals surface area contributed by atoms with Gasteiger partial charge in [0.2, 0.25) is 5.91 Å². The van der Waals surface area contributed by atoms with Crippen molar-refractivity contribution in [3.8, 4) is 0 Å². The van der Waals surface area contributed by atoms with Crippen LogP contribution in [0.3, 0.4) is 0 Å². The molecule has 0 aliphatic carbocycles. The Bertz CT molecular complexity index is 409. The van der Waals surface area contributed by atoms with E-state index in [1.54, 1.807) is 11.4 Å². The minimum Gasteiger partial charge on any atom is -0.465 e. The molecule has 1 aromatic heterocycles. The Morgan fingerprint density at radius 1 is 1.56 bits per heavy atom. The van der Waals surface area contributed by atoms with E-state index in [9.17, 15) is 9.59 Å². The van der Waals surface area contributed by atoms with Crippen molar-refractivity contribution < 1.29 is 14.3 Å². The first-order chi connectivity index (χ1) is 7.63. The van der Waals surface area contributed by atoms with Crippen molar-refractivity contribution in [3.05, 3.63) is 28.0 Å². The number of amides is 1. The van der Waals surface area contributed by atoms with Crippen molar-refractivity contribution in [3.63, 3.8) is 0 Å². The number of thiophene rings is 1. The fourth-order valence-corrected chi connectivity index (χ4v) is 1.84. The standard InChI is InChI=1S/C11H13NO3S/c1-8(13)12-5-3-4-10-6-9(7-16-10)11(14)15-2/h3-4,6-7H,5H2,1-2H3,(H,12,13). The second kappa shape index (κ2) is 6.07. The highest BCUT2D eigenvalue weighted by Crippen LogP contribution is 2.16. The number of methoxy groups -OCH3 is 1. The summed E-state index contributed by atoms with van der Waals surface area (Å²) in [6, 6.07) is 1.75. The van der Waals surface area contributed by atoms with E-state index in [4.69, 9.17) is 0 Å². The molecule has 0 spiro atoms. The maximum absolute atomic E-state index is 11.1. The van der Waals surface area contributed by atoms with Gasteiger partial charge in [-0.15, -0.1) is 11.3 Å². The molecule has 0 unspecified atom stereocenters. The minimum absolute atomic E-state index is 0.0638. The summed E-state index contributed by atoms with van der Waals surface area (Å²) in [4.78, 5) is 22.7. The van der Waals surface area contributed by atoms with Gasteiger partial charge in [-0.05, 0) is 12.1 Å². The van der Waals surface area contributed by atoms with Gasteiger partial charge in [-0.2, -0.15) is 0 Å². The zero-order chi connectivity index (χ0) is 12.0. The summed E-state index contributed by atoms with van der Waals surface area (Å²) < 4.78 is 4.59. The molecular formula is C11H13NO3S. The molecular weight excluding hydrogens is 226 g/mol. The third kappa shape index (κ3) is 3.86. The molecule has 0 aromatic carbocycles. The summed E-state index contributed by atoms with van der Waals surface area (Å²) in [5.74, 6) is -0.399. The maximum atomic E-state index is 11.1. The van der Waals surface area contributed by atoms with E-state index in [1.165, 1.54) is 25.4 Å². The van der Waals surface area contributed by atoms with Crippen LogP contribution in [0.5, 0.6) is 0 Å². The van der Waals surface area contributed by atoms with Gasteiger partial charge in [0, 0.05) is 23.7 Å². The quantitative estimate of drug-likeness (QED) is 0.813. The van der Waals surface area contributed by atoms with Gasteiger partial charge in [0.1, 0.15) is 0 Å². The first-order valence-electron chi connectivity index (χ1n) is 4.71. The first-order valence-corrected chi connectivity index (χ1v) is 5.59. The molecule has 0 bridgehead atoms. The number of carbonyl (C=O) groups excluding carboxylic acids is 2. The number of hydrogen-bond donors (Lipinski definition) is 1. The number of rotatable bonds is 4. The predicted molar refractivity (Wildman–Crippen MR) is 63.4 cm³/mol. The SMILES string of the molecule is COC(=O)c1csc(C=CCNC(C)=O)c1. The maximum Gasteiger partial charge on any atom is 0.338 e. The van der Waals surface area contributed by atoms with Gasteiger partial charge in [0.15, 0.2) is 0 Å². The Kier molecular flexibility index (Phi) is 4.72. The van der Waals surface area contributed by atoms with Gasteiger partial charge in [0.05, 0.1) is 12.7 Å². The van der Waals surface area contributed by atoms with E-state index in [2.05, 4.69) is 10.1 Å². The van der Waals surface area contributed by atoms with Crippen LogP contribution in [0.4, 0.5) is 0 Å². The molecule has 4 nitrogen and oxygen atoms in total. The monoisotopic (exact) mass is 239 g/mol. The highest BCUT2D eigenvalue weighted by molar-refractivity contribution is 7.11. The van der Waals surface area contributed by atoms with Crippen molar-refractivity contribution in [1.29, 1.82) is 0 Å². The summed E-state index contributed by atoms with van der Waals surface area (Å²) in [6.07, 6.45) is 3.68. The van der Waals surface area contributed by atoms with Crippen LogP contribution in [0.1, 0.15) is 22.2 Å². The van der Waals surface area contributed by atoms with Gasteiger partial charge in [0.25, 0.3) is 0 Å². The molecule has 0 fully saturated rings. The zero-order valence-electron chi connectivity index (χ0n) is 9.15. The molecule has 5 heteroatoms. The lowest BCUT2D eigenvalue weighted by atomic mass is 10.3. The van der Waals surface area contributed by atoms with Crippen LogP contribution in [-0.4, -0.2) is 25.5 Å². The van der Waals surface area contributed by atoms with Crippen LogP contribution < -0.4 is 5.32 Å². The summed E-state index contributed by atoms with van der Waals surface area (Å²) >= 11 is 1.45. The molecule has 1 N–H and O–H groups in total. The number of hydrogen-bond acceptors (Lipinski definition) is 4. The molecule has 0 saturated heterocycles. The van der Waals surface area contributed by atoms with Crippen molar-refractivity contribution in [2.75, 3.05) is 13.7 Å². The largest absolute Gasteiger partial charge is 0.465 e. The number of ether oxygens (including phenoxy) is 1. The van der Waals surface area contributed by atoms with E-state index in [0.717, 1.165) is 4.88 Å². The van der Waals surface area contributed by atoms with Crippen LogP contribution in [0.15, 0.2) is 17.5 Å². The molecule has 0 radical (unpaired) electrons. The average molecular weight is 239 g/mol. The normalized spacial score (nSPS) is 10.4. The van der Waals surface area contributed by atoms with Gasteiger partial charge < -0.3 is 10.1 Å². The molecule has 16 heavy (non-hydrogen) atoms. The summed E-state index contributed by atoms with van der Waals surface area (Å²) in [5, 5.41) is 4.38. The predicted octanol–water partition coefficient (Wildman–Crippen LogP) is 1.68. The second-order valence-corrected chi connectivity index (χ2v) is 4.01. The van der Waals surface area contributed by atoms with Gasteiger partial charge in [-0.1, -0.05) is 6.08 Å².